The molecule has 4 rings (SSSR count). The second-order valence-electron chi connectivity index (χ2n) is 7.62. The largest absolute Gasteiger partial charge is 0.456 e. The Kier molecular flexibility index (Phi) is 4.36. The molecule has 1 saturated carbocycles. The maximum atomic E-state index is 12.8. The lowest BCUT2D eigenvalue weighted by Crippen LogP contribution is -2.48. The summed E-state index contributed by atoms with van der Waals surface area (Å²) in [5, 5.41) is 2.21. The van der Waals surface area contributed by atoms with Crippen molar-refractivity contribution in [1.82, 2.24) is 5.32 Å². The summed E-state index contributed by atoms with van der Waals surface area (Å²) in [5.41, 5.74) is 0.389. The first-order valence-corrected chi connectivity index (χ1v) is 10.5. The molecule has 8 nitrogen and oxygen atoms in total. The third-order valence-corrected chi connectivity index (χ3v) is 7.51. The van der Waals surface area contributed by atoms with Gasteiger partial charge in [0.05, 0.1) is 12.0 Å². The van der Waals surface area contributed by atoms with Gasteiger partial charge in [0, 0.05) is 11.6 Å². The lowest BCUT2D eigenvalue weighted by molar-refractivity contribution is -0.162. The lowest BCUT2D eigenvalue weighted by atomic mass is 9.84. The van der Waals surface area contributed by atoms with Gasteiger partial charge in [-0.25, -0.2) is 0 Å². The van der Waals surface area contributed by atoms with Crippen LogP contribution in [0.3, 0.4) is 0 Å². The average Bonchev–Trinajstić information content (AvgIpc) is 3.19. The van der Waals surface area contributed by atoms with Crippen molar-refractivity contribution in [3.63, 3.8) is 0 Å². The third kappa shape index (κ3) is 2.86. The molecule has 9 heteroatoms. The van der Waals surface area contributed by atoms with Crippen LogP contribution in [0.5, 0.6) is 0 Å². The molecule has 1 aliphatic carbocycles. The van der Waals surface area contributed by atoms with Crippen molar-refractivity contribution >= 4 is 22.0 Å². The van der Waals surface area contributed by atoms with E-state index < -0.39 is 51.7 Å². The quantitative estimate of drug-likeness (QED) is 0.424. The molecule has 4 fully saturated rings. The van der Waals surface area contributed by atoms with Crippen LogP contribution in [0.25, 0.3) is 0 Å². The molecule has 1 N–H and O–H groups in total. The highest BCUT2D eigenvalue weighted by molar-refractivity contribution is 7.87. The molecule has 1 amide bonds. The third-order valence-electron chi connectivity index (χ3n) is 5.82. The van der Waals surface area contributed by atoms with Crippen LogP contribution >= 0.6 is 0 Å². The van der Waals surface area contributed by atoms with E-state index in [0.717, 1.165) is 12.8 Å². The second kappa shape index (κ2) is 6.31. The Balaban J connectivity index is 1.44. The van der Waals surface area contributed by atoms with Crippen LogP contribution in [0.15, 0.2) is 12.2 Å². The van der Waals surface area contributed by atoms with E-state index in [4.69, 9.17) is 13.7 Å². The zero-order chi connectivity index (χ0) is 18.6. The Morgan fingerprint density at radius 2 is 1.92 bits per heavy atom. The molecule has 3 saturated heterocycles. The fourth-order valence-corrected chi connectivity index (χ4v) is 6.11. The van der Waals surface area contributed by atoms with Crippen LogP contribution < -0.4 is 5.32 Å². The van der Waals surface area contributed by atoms with Gasteiger partial charge < -0.3 is 14.8 Å². The summed E-state index contributed by atoms with van der Waals surface area (Å²) < 4.78 is 40.4. The Labute approximate surface area is 152 Å². The summed E-state index contributed by atoms with van der Waals surface area (Å²) in [7, 11) is -3.64. The molecule has 7 atom stereocenters. The molecule has 0 radical (unpaired) electrons. The molecule has 144 valence electrons. The molecule has 7 unspecified atom stereocenters. The molecule has 0 spiro atoms. The fraction of sp³-hybridized carbons (Fsp3) is 0.765. The summed E-state index contributed by atoms with van der Waals surface area (Å²) in [6.07, 6.45) is 0.964. The van der Waals surface area contributed by atoms with Gasteiger partial charge in [0.1, 0.15) is 17.5 Å². The van der Waals surface area contributed by atoms with Crippen LogP contribution in [0.4, 0.5) is 0 Å². The highest BCUT2D eigenvalue weighted by Gasteiger charge is 2.67. The van der Waals surface area contributed by atoms with E-state index in [0.29, 0.717) is 24.8 Å². The van der Waals surface area contributed by atoms with Gasteiger partial charge >= 0.3 is 5.97 Å². The van der Waals surface area contributed by atoms with Crippen molar-refractivity contribution in [1.29, 1.82) is 0 Å². The summed E-state index contributed by atoms with van der Waals surface area (Å²) in [5.74, 6) is -1.16. The van der Waals surface area contributed by atoms with E-state index in [9.17, 15) is 18.0 Å². The minimum absolute atomic E-state index is 0.272. The molecule has 4 aliphatic rings. The molecule has 3 aliphatic heterocycles. The Hall–Kier alpha value is -1.45. The predicted octanol–water partition coefficient (Wildman–Crippen LogP) is 0.418. The van der Waals surface area contributed by atoms with E-state index in [-0.39, 0.29) is 11.9 Å². The minimum atomic E-state index is -3.64. The van der Waals surface area contributed by atoms with Crippen LogP contribution in [0, 0.1) is 5.92 Å². The fourth-order valence-electron chi connectivity index (χ4n) is 4.47. The number of nitrogens with one attached hydrogen (secondary N) is 1. The monoisotopic (exact) mass is 385 g/mol. The number of rotatable bonds is 4. The van der Waals surface area contributed by atoms with Crippen molar-refractivity contribution in [3.8, 4) is 0 Å². The Morgan fingerprint density at radius 1 is 1.19 bits per heavy atom. The van der Waals surface area contributed by atoms with Gasteiger partial charge in [-0.3, -0.25) is 13.8 Å². The summed E-state index contributed by atoms with van der Waals surface area (Å²) in [6.45, 7) is 5.24. The molecule has 0 aromatic rings. The molecular weight excluding hydrogens is 362 g/mol. The van der Waals surface area contributed by atoms with Crippen molar-refractivity contribution in [3.05, 3.63) is 12.2 Å². The highest BCUT2D eigenvalue weighted by Crippen LogP contribution is 2.48. The number of amides is 1. The Morgan fingerprint density at radius 3 is 2.65 bits per heavy atom. The zero-order valence-electron chi connectivity index (χ0n) is 14.6. The van der Waals surface area contributed by atoms with E-state index in [1.807, 2.05) is 0 Å². The van der Waals surface area contributed by atoms with Gasteiger partial charge in [-0.1, -0.05) is 19.4 Å². The molecule has 0 aromatic carbocycles. The van der Waals surface area contributed by atoms with Crippen molar-refractivity contribution in [2.24, 2.45) is 5.92 Å². The van der Waals surface area contributed by atoms with Crippen LogP contribution in [-0.2, 0) is 33.4 Å². The first-order valence-electron chi connectivity index (χ1n) is 9.02. The maximum Gasteiger partial charge on any atom is 0.311 e. The summed E-state index contributed by atoms with van der Waals surface area (Å²) >= 11 is 0. The molecule has 3 heterocycles. The second-order valence-corrected chi connectivity index (χ2v) is 9.40. The van der Waals surface area contributed by atoms with E-state index in [1.165, 1.54) is 0 Å². The van der Waals surface area contributed by atoms with Crippen LogP contribution in [0.1, 0.15) is 39.0 Å². The van der Waals surface area contributed by atoms with Gasteiger partial charge in [0.25, 0.3) is 10.1 Å². The van der Waals surface area contributed by atoms with Gasteiger partial charge in [0.15, 0.2) is 6.10 Å². The molecule has 0 aromatic heterocycles. The van der Waals surface area contributed by atoms with Gasteiger partial charge in [-0.15, -0.1) is 0 Å². The number of fused-ring (bicyclic) bond motifs is 1. The van der Waals surface area contributed by atoms with Crippen molar-refractivity contribution in [2.75, 3.05) is 0 Å². The number of ether oxygens (including phenoxy) is 2. The topological polar surface area (TPSA) is 108 Å². The van der Waals surface area contributed by atoms with E-state index in [2.05, 4.69) is 11.9 Å². The minimum Gasteiger partial charge on any atom is -0.456 e. The molecular formula is C17H23NO7S. The van der Waals surface area contributed by atoms with Gasteiger partial charge in [-0.05, 0) is 26.2 Å². The lowest BCUT2D eigenvalue weighted by Gasteiger charge is -2.32. The number of hydrogen-bond acceptors (Lipinski definition) is 7. The van der Waals surface area contributed by atoms with Gasteiger partial charge in [-0.2, -0.15) is 8.42 Å². The zero-order valence-corrected chi connectivity index (χ0v) is 15.4. The summed E-state index contributed by atoms with van der Waals surface area (Å²) in [4.78, 5) is 24.7. The first kappa shape index (κ1) is 17.9. The standard InChI is InChI=1S/C17H23NO7S/c1-8(2)16(19)18-10-6-4-3-5-9(10)17(20)24-13-11-7-12-14(23-11)15(13)25-26(12,21)22/h9-15H,1,3-7H2,2H3,(H,18,19). The van der Waals surface area contributed by atoms with Gasteiger partial charge in [0.2, 0.25) is 5.91 Å². The smallest absolute Gasteiger partial charge is 0.311 e. The summed E-state index contributed by atoms with van der Waals surface area (Å²) in [6, 6.07) is -0.305. The molecule has 26 heavy (non-hydrogen) atoms. The normalized spacial score (nSPS) is 42.4. The number of carbonyl (C=O) groups excluding carboxylic acids is 2. The Bertz CT molecular complexity index is 748. The number of carbonyl (C=O) groups is 2. The average molecular weight is 385 g/mol. The SMILES string of the molecule is C=C(C)C(=O)NC1CCCCC1C(=O)OC1C2CC3C(O2)C1OS3(=O)=O. The van der Waals surface area contributed by atoms with Crippen molar-refractivity contribution < 1.29 is 31.7 Å². The van der Waals surface area contributed by atoms with Crippen molar-refractivity contribution in [2.45, 2.75) is 74.7 Å². The first-order chi connectivity index (χ1) is 12.3. The number of hydrogen-bond donors (Lipinski definition) is 1. The number of esters is 1. The van der Waals surface area contributed by atoms with E-state index >= 15 is 0 Å². The van der Waals surface area contributed by atoms with E-state index in [1.54, 1.807) is 6.92 Å². The molecule has 2 bridgehead atoms. The predicted molar refractivity (Wildman–Crippen MR) is 89.4 cm³/mol. The van der Waals surface area contributed by atoms with Crippen LogP contribution in [-0.4, -0.2) is 56.0 Å². The van der Waals surface area contributed by atoms with Crippen LogP contribution in [0.2, 0.25) is 0 Å². The maximum absolute atomic E-state index is 12.8. The highest BCUT2D eigenvalue weighted by atomic mass is 32.2.